The van der Waals surface area contributed by atoms with Crippen molar-refractivity contribution >= 4 is 136 Å². The number of hydrogen-bond donors (Lipinski definition) is 8. The largest absolute Gasteiger partial charge is 0.330 e. The molecular formula is C80H104N24O8S4. The van der Waals surface area contributed by atoms with E-state index < -0.39 is 0 Å². The summed E-state index contributed by atoms with van der Waals surface area (Å²) in [5.74, 6) is -0.429. The Morgan fingerprint density at radius 2 is 0.578 bits per heavy atom. The Morgan fingerprint density at radius 1 is 0.336 bits per heavy atom. The van der Waals surface area contributed by atoms with Gasteiger partial charge in [0, 0.05) is 195 Å². The molecule has 8 fully saturated rings. The minimum atomic E-state index is -0.187. The molecule has 36 heteroatoms. The predicted octanol–water partition coefficient (Wildman–Crippen LogP) is 11.7. The summed E-state index contributed by atoms with van der Waals surface area (Å²) in [5.41, 5.74) is 6.44. The lowest BCUT2D eigenvalue weighted by atomic mass is 9.87. The fraction of sp³-hybridized carbons (Fsp3) is 0.500. The van der Waals surface area contributed by atoms with Crippen LogP contribution in [0.4, 0.5) is 62.5 Å². The van der Waals surface area contributed by atoms with Crippen LogP contribution in [0.2, 0.25) is 0 Å². The number of rotatable bonds is 16. The molecule has 32 nitrogen and oxygen atoms in total. The lowest BCUT2D eigenvalue weighted by Gasteiger charge is -2.41. The van der Waals surface area contributed by atoms with E-state index in [1.165, 1.54) is 73.0 Å². The maximum Gasteiger partial charge on any atom is 0.322 e. The number of nitrogens with zero attached hydrogens (tertiary/aromatic N) is 16. The van der Waals surface area contributed by atoms with Crippen molar-refractivity contribution in [3.05, 3.63) is 140 Å². The fourth-order valence-corrected chi connectivity index (χ4v) is 20.1. The van der Waals surface area contributed by atoms with Crippen molar-refractivity contribution in [2.75, 3.05) is 119 Å². The molecule has 8 aliphatic rings. The van der Waals surface area contributed by atoms with Gasteiger partial charge >= 0.3 is 24.1 Å². The number of urea groups is 4. The maximum absolute atomic E-state index is 12.6. The summed E-state index contributed by atoms with van der Waals surface area (Å²) in [6.07, 6.45) is 21.6. The van der Waals surface area contributed by atoms with Crippen LogP contribution in [-0.4, -0.2) is 208 Å². The molecule has 0 bridgehead atoms. The number of amides is 12. The van der Waals surface area contributed by atoms with E-state index >= 15 is 0 Å². The van der Waals surface area contributed by atoms with Crippen LogP contribution in [0, 0.1) is 27.7 Å². The minimum absolute atomic E-state index is 0.0282. The van der Waals surface area contributed by atoms with E-state index in [-0.39, 0.29) is 94.1 Å². The van der Waals surface area contributed by atoms with Gasteiger partial charge < -0.3 is 42.5 Å². The zero-order valence-electron chi connectivity index (χ0n) is 67.7. The monoisotopic (exact) mass is 1660 g/mol. The molecule has 16 heterocycles. The summed E-state index contributed by atoms with van der Waals surface area (Å²) < 4.78 is 0. The summed E-state index contributed by atoms with van der Waals surface area (Å²) in [5, 5.41) is 26.5. The van der Waals surface area contributed by atoms with Gasteiger partial charge in [-0.2, -0.15) is 0 Å². The molecule has 16 rings (SSSR count). The number of likely N-dealkylation sites (tertiary alicyclic amines) is 4. The second-order valence-corrected chi connectivity index (χ2v) is 35.9. The second kappa shape index (κ2) is 35.8. The number of aryl methyl sites for hydroxylation is 4. The molecule has 8 aromatic rings. The Labute approximate surface area is 691 Å². The number of thiazole rings is 4. The summed E-state index contributed by atoms with van der Waals surface area (Å²) in [6.45, 7) is 32.3. The van der Waals surface area contributed by atoms with Gasteiger partial charge in [0.05, 0.1) is 72.1 Å². The van der Waals surface area contributed by atoms with Crippen molar-refractivity contribution in [1.82, 2.24) is 80.7 Å². The van der Waals surface area contributed by atoms with E-state index in [2.05, 4.69) is 130 Å². The van der Waals surface area contributed by atoms with Crippen molar-refractivity contribution in [3.8, 4) is 0 Å². The molecule has 8 aromatic heterocycles. The van der Waals surface area contributed by atoms with Crippen molar-refractivity contribution in [3.63, 3.8) is 0 Å². The SMILES string of the molecule is CC(=O)Nc1ncc([C@@H](C)N2CCC3(CC2)CN(c2ccc(C)nc2)C(=O)N3)s1.CC(=O)Nc1ncc([C@@H](C)N2CCC3(CC2)CN(c2ccnc(C)c2)C(=O)N3)s1.CC(=O)Nc1ncc([C@H](C)N2CCC3(CC2)CN(c2ccc(C)nc2)C(=O)N3)s1.CC(=O)Nc1ncc([C@H](C)N2CCC3(CC2)CN(c2ccnc(C)c2)C(=O)N3)s1. The average molecular weight is 1660 g/mol. The van der Waals surface area contributed by atoms with Crippen LogP contribution in [0.25, 0.3) is 0 Å². The highest BCUT2D eigenvalue weighted by Gasteiger charge is 2.50. The van der Waals surface area contributed by atoms with E-state index in [4.69, 9.17) is 0 Å². The number of carbonyl (C=O) groups excluding carboxylic acids is 8. The molecular weight excluding hydrogens is 1550 g/mol. The van der Waals surface area contributed by atoms with Crippen molar-refractivity contribution in [2.45, 2.75) is 181 Å². The van der Waals surface area contributed by atoms with Gasteiger partial charge in [-0.1, -0.05) is 0 Å². The highest BCUT2D eigenvalue weighted by atomic mass is 32.1. The smallest absolute Gasteiger partial charge is 0.322 e. The van der Waals surface area contributed by atoms with Gasteiger partial charge in [0.2, 0.25) is 23.6 Å². The molecule has 8 saturated heterocycles. The molecule has 116 heavy (non-hydrogen) atoms. The second-order valence-electron chi connectivity index (χ2n) is 31.7. The van der Waals surface area contributed by atoms with Crippen molar-refractivity contribution in [2.24, 2.45) is 0 Å². The Hall–Kier alpha value is -10.1. The average Bonchev–Trinajstić information content (AvgIpc) is 1.64. The number of hydrogen-bond acceptors (Lipinski definition) is 24. The Bertz CT molecular complexity index is 4550. The van der Waals surface area contributed by atoms with Crippen LogP contribution in [0.3, 0.4) is 0 Å². The summed E-state index contributed by atoms with van der Waals surface area (Å²) >= 11 is 6.07. The van der Waals surface area contributed by atoms with E-state index in [1.807, 2.05) is 111 Å². The molecule has 616 valence electrons. The first-order valence-corrected chi connectivity index (χ1v) is 42.7. The summed E-state index contributed by atoms with van der Waals surface area (Å²) in [6, 6.07) is 16.2. The molecule has 4 atom stereocenters. The number of aromatic nitrogens is 8. The fourth-order valence-electron chi connectivity index (χ4n) is 16.3. The minimum Gasteiger partial charge on any atom is -0.330 e. The van der Waals surface area contributed by atoms with Gasteiger partial charge in [0.25, 0.3) is 0 Å². The van der Waals surface area contributed by atoms with Gasteiger partial charge in [-0.3, -0.25) is 78.3 Å². The molecule has 0 radical (unpaired) electrons. The van der Waals surface area contributed by atoms with Gasteiger partial charge in [-0.05, 0) is 155 Å². The van der Waals surface area contributed by atoms with Gasteiger partial charge in [0.1, 0.15) is 0 Å². The van der Waals surface area contributed by atoms with Crippen molar-refractivity contribution in [1.29, 1.82) is 0 Å². The number of anilines is 8. The highest BCUT2D eigenvalue weighted by molar-refractivity contribution is 7.16. The van der Waals surface area contributed by atoms with Crippen LogP contribution in [-0.2, 0) is 19.2 Å². The molecule has 0 aromatic carbocycles. The molecule has 8 aliphatic heterocycles. The van der Waals surface area contributed by atoms with E-state index in [0.717, 1.165) is 169 Å². The van der Waals surface area contributed by atoms with E-state index in [0.29, 0.717) is 46.7 Å². The number of piperidine rings is 4. The first kappa shape index (κ1) is 83.9. The van der Waals surface area contributed by atoms with Crippen LogP contribution >= 0.6 is 45.3 Å². The molecule has 0 unspecified atom stereocenters. The third kappa shape index (κ3) is 20.1. The first-order valence-electron chi connectivity index (χ1n) is 39.4. The Morgan fingerprint density at radius 3 is 0.793 bits per heavy atom. The number of nitrogens with one attached hydrogen (secondary N) is 8. The zero-order valence-corrected chi connectivity index (χ0v) is 71.0. The topological polar surface area (TPSA) is 362 Å². The van der Waals surface area contributed by atoms with Crippen molar-refractivity contribution < 1.29 is 38.4 Å². The summed E-state index contributed by atoms with van der Waals surface area (Å²) in [4.78, 5) is 151. The van der Waals surface area contributed by atoms with Crippen LogP contribution in [0.5, 0.6) is 0 Å². The molecule has 0 saturated carbocycles. The van der Waals surface area contributed by atoms with Gasteiger partial charge in [0.15, 0.2) is 20.5 Å². The lowest BCUT2D eigenvalue weighted by Crippen LogP contribution is -2.52. The zero-order chi connectivity index (χ0) is 82.4. The maximum atomic E-state index is 12.6. The van der Waals surface area contributed by atoms with E-state index in [1.54, 1.807) is 34.6 Å². The predicted molar refractivity (Wildman–Crippen MR) is 453 cm³/mol. The van der Waals surface area contributed by atoms with Gasteiger partial charge in [-0.25, -0.2) is 39.1 Å². The molecule has 0 aliphatic carbocycles. The van der Waals surface area contributed by atoms with Crippen LogP contribution < -0.4 is 62.1 Å². The summed E-state index contributed by atoms with van der Waals surface area (Å²) in [7, 11) is 0. The molecule has 12 amide bonds. The third-order valence-corrected chi connectivity index (χ3v) is 27.5. The third-order valence-electron chi connectivity index (χ3n) is 23.2. The highest BCUT2D eigenvalue weighted by Crippen LogP contribution is 2.42. The normalized spacial score (nSPS) is 20.0. The van der Waals surface area contributed by atoms with E-state index in [9.17, 15) is 38.4 Å². The lowest BCUT2D eigenvalue weighted by molar-refractivity contribution is -0.115. The standard InChI is InChI=1S/4C20H26N6O2S/c2*1-13-10-16(4-7-21-13)26-12-20(24-19(26)28)5-8-25(9-6-20)14(2)17-11-22-18(29-17)23-15(3)27;2*1-13-4-5-16(10-21-13)26-12-20(24-19(26)28)6-8-25(9-7-20)14(2)17-11-22-18(29-17)23-15(3)27/h2*4,7,10-11,14H,5-6,8-9,12H2,1-3H3,(H,24,28)(H,22,23,27);2*4-5,10-11,14H,6-9,12H2,1-3H3,(H,24,28)(H,22,23,27)/t4*14-/m1010/s1. The van der Waals surface area contributed by atoms with Crippen LogP contribution in [0.15, 0.2) is 98.1 Å². The van der Waals surface area contributed by atoms with Crippen LogP contribution in [0.1, 0.15) is 173 Å². The molecule has 8 N–H and O–H groups in total. The Balaban J connectivity index is 0.000000135. The first-order chi connectivity index (χ1) is 55.4. The molecule has 4 spiro atoms. The van der Waals surface area contributed by atoms with Gasteiger partial charge in [-0.15, -0.1) is 45.3 Å². The number of pyridine rings is 4. The quantitative estimate of drug-likeness (QED) is 0.0445. The number of carbonyl (C=O) groups is 8. The Kier molecular flexibility index (Phi) is 25.9.